The zero-order valence-corrected chi connectivity index (χ0v) is 13.4. The van der Waals surface area contributed by atoms with Crippen molar-refractivity contribution >= 4 is 39.0 Å². The van der Waals surface area contributed by atoms with Crippen molar-refractivity contribution in [3.63, 3.8) is 0 Å². The minimum Gasteiger partial charge on any atom is -0.369 e. The van der Waals surface area contributed by atoms with Crippen LogP contribution in [-0.4, -0.2) is 42.1 Å². The van der Waals surface area contributed by atoms with Crippen molar-refractivity contribution in [2.45, 2.75) is 25.7 Å². The summed E-state index contributed by atoms with van der Waals surface area (Å²) in [6.07, 6.45) is 4.66. The third kappa shape index (κ3) is 2.75. The van der Waals surface area contributed by atoms with Gasteiger partial charge in [0, 0.05) is 11.4 Å². The Morgan fingerprint density at radius 1 is 1.30 bits per heavy atom. The number of aryl methyl sites for hydroxylation is 2. The number of rotatable bonds is 5. The van der Waals surface area contributed by atoms with E-state index in [0.717, 1.165) is 36.6 Å². The molecule has 2 aromatic rings. The van der Waals surface area contributed by atoms with E-state index in [-0.39, 0.29) is 0 Å². The van der Waals surface area contributed by atoms with Gasteiger partial charge in [0.25, 0.3) is 0 Å². The minimum atomic E-state index is 0.340. The fourth-order valence-electron chi connectivity index (χ4n) is 2.70. The highest BCUT2D eigenvalue weighted by Gasteiger charge is 2.21. The van der Waals surface area contributed by atoms with Crippen LogP contribution >= 0.6 is 22.9 Å². The van der Waals surface area contributed by atoms with Gasteiger partial charge in [0.2, 0.25) is 5.28 Å². The molecule has 0 aromatic carbocycles. The molecule has 0 radical (unpaired) electrons. The molecule has 0 spiro atoms. The van der Waals surface area contributed by atoms with Crippen LogP contribution in [0.4, 0.5) is 5.82 Å². The summed E-state index contributed by atoms with van der Waals surface area (Å²) >= 11 is 7.82. The molecular formula is C14H19ClN4S. The van der Waals surface area contributed by atoms with Crippen LogP contribution in [0.25, 0.3) is 10.2 Å². The SMILES string of the molecule is CN(C)CCCNc1nc(Cl)nc2sc3c(c12)CCC3. The fraction of sp³-hybridized carbons (Fsp3) is 0.571. The maximum atomic E-state index is 6.05. The topological polar surface area (TPSA) is 41.0 Å². The third-order valence-corrected chi connectivity index (χ3v) is 4.97. The minimum absolute atomic E-state index is 0.340. The van der Waals surface area contributed by atoms with Crippen molar-refractivity contribution in [1.82, 2.24) is 14.9 Å². The van der Waals surface area contributed by atoms with Crippen LogP contribution in [0.3, 0.4) is 0 Å². The molecule has 0 aliphatic heterocycles. The van der Waals surface area contributed by atoms with Crippen molar-refractivity contribution < 1.29 is 0 Å². The van der Waals surface area contributed by atoms with E-state index in [9.17, 15) is 0 Å². The Morgan fingerprint density at radius 2 is 2.15 bits per heavy atom. The molecule has 0 atom stereocenters. The molecule has 4 nitrogen and oxygen atoms in total. The van der Waals surface area contributed by atoms with E-state index in [4.69, 9.17) is 11.6 Å². The standard InChI is InChI=1S/C14H19ClN4S/c1-19(2)8-4-7-16-12-11-9-5-3-6-10(9)20-13(11)18-14(15)17-12/h3-8H2,1-2H3,(H,16,17,18). The number of thiophene rings is 1. The second-order valence-electron chi connectivity index (χ2n) is 5.46. The maximum Gasteiger partial charge on any atom is 0.225 e. The first kappa shape index (κ1) is 14.0. The second kappa shape index (κ2) is 5.84. The van der Waals surface area contributed by atoms with Crippen molar-refractivity contribution in [1.29, 1.82) is 0 Å². The van der Waals surface area contributed by atoms with Crippen LogP contribution in [0.5, 0.6) is 0 Å². The molecule has 0 fully saturated rings. The maximum absolute atomic E-state index is 6.05. The van der Waals surface area contributed by atoms with Gasteiger partial charge in [-0.2, -0.15) is 0 Å². The molecule has 3 rings (SSSR count). The molecule has 6 heteroatoms. The Bertz CT molecular complexity index is 623. The average Bonchev–Trinajstić information content (AvgIpc) is 2.93. The average molecular weight is 311 g/mol. The summed E-state index contributed by atoms with van der Waals surface area (Å²) in [4.78, 5) is 13.5. The van der Waals surface area contributed by atoms with Crippen LogP contribution in [0.2, 0.25) is 5.28 Å². The van der Waals surface area contributed by atoms with Gasteiger partial charge in [-0.1, -0.05) is 0 Å². The molecule has 2 heterocycles. The lowest BCUT2D eigenvalue weighted by molar-refractivity contribution is 0.405. The summed E-state index contributed by atoms with van der Waals surface area (Å²) in [5.74, 6) is 0.915. The Hall–Kier alpha value is -0.910. The van der Waals surface area contributed by atoms with Gasteiger partial charge >= 0.3 is 0 Å². The molecule has 0 unspecified atom stereocenters. The molecule has 0 bridgehead atoms. The number of fused-ring (bicyclic) bond motifs is 3. The van der Waals surface area contributed by atoms with Crippen LogP contribution in [0.1, 0.15) is 23.3 Å². The van der Waals surface area contributed by atoms with E-state index in [1.807, 2.05) is 0 Å². The van der Waals surface area contributed by atoms with Crippen LogP contribution in [0.15, 0.2) is 0 Å². The van der Waals surface area contributed by atoms with Crippen molar-refractivity contribution in [3.8, 4) is 0 Å². The highest BCUT2D eigenvalue weighted by Crippen LogP contribution is 2.39. The first-order valence-electron chi connectivity index (χ1n) is 7.01. The van der Waals surface area contributed by atoms with Crippen molar-refractivity contribution in [2.75, 3.05) is 32.5 Å². The second-order valence-corrected chi connectivity index (χ2v) is 6.88. The molecule has 1 aliphatic carbocycles. The Morgan fingerprint density at radius 3 is 2.95 bits per heavy atom. The molecule has 108 valence electrons. The number of nitrogens with one attached hydrogen (secondary N) is 1. The van der Waals surface area contributed by atoms with Gasteiger partial charge in [0.05, 0.1) is 5.39 Å². The summed E-state index contributed by atoms with van der Waals surface area (Å²) < 4.78 is 0. The number of aromatic nitrogens is 2. The first-order chi connectivity index (χ1) is 9.65. The number of halogens is 1. The van der Waals surface area contributed by atoms with Gasteiger partial charge in [-0.15, -0.1) is 11.3 Å². The third-order valence-electron chi connectivity index (χ3n) is 3.61. The molecule has 0 saturated heterocycles. The number of anilines is 1. The van der Waals surface area contributed by atoms with E-state index < -0.39 is 0 Å². The molecule has 0 amide bonds. The molecule has 2 aromatic heterocycles. The zero-order valence-electron chi connectivity index (χ0n) is 11.9. The largest absolute Gasteiger partial charge is 0.369 e. The monoisotopic (exact) mass is 310 g/mol. The van der Waals surface area contributed by atoms with E-state index >= 15 is 0 Å². The normalized spacial score (nSPS) is 14.2. The predicted octanol–water partition coefficient (Wildman–Crippen LogP) is 3.20. The Labute approximate surface area is 128 Å². The predicted molar refractivity (Wildman–Crippen MR) is 86.1 cm³/mol. The fourth-order valence-corrected chi connectivity index (χ4v) is 4.18. The van der Waals surface area contributed by atoms with Gasteiger partial charge in [-0.3, -0.25) is 0 Å². The molecule has 20 heavy (non-hydrogen) atoms. The van der Waals surface area contributed by atoms with Crippen molar-refractivity contribution in [3.05, 3.63) is 15.7 Å². The van der Waals surface area contributed by atoms with E-state index in [1.165, 1.54) is 28.7 Å². The van der Waals surface area contributed by atoms with Crippen LogP contribution < -0.4 is 5.32 Å². The zero-order chi connectivity index (χ0) is 14.1. The molecular weight excluding hydrogens is 292 g/mol. The number of hydrogen-bond donors (Lipinski definition) is 1. The summed E-state index contributed by atoms with van der Waals surface area (Å²) in [5.41, 5.74) is 1.44. The molecule has 1 aliphatic rings. The Balaban J connectivity index is 1.85. The van der Waals surface area contributed by atoms with E-state index in [1.54, 1.807) is 11.3 Å². The highest BCUT2D eigenvalue weighted by molar-refractivity contribution is 7.19. The van der Waals surface area contributed by atoms with Gasteiger partial charge in [-0.25, -0.2) is 9.97 Å². The molecule has 1 N–H and O–H groups in total. The van der Waals surface area contributed by atoms with Gasteiger partial charge in [0.15, 0.2) is 0 Å². The van der Waals surface area contributed by atoms with Gasteiger partial charge in [-0.05, 0) is 63.5 Å². The quantitative estimate of drug-likeness (QED) is 0.680. The lowest BCUT2D eigenvalue weighted by Gasteiger charge is -2.11. The summed E-state index contributed by atoms with van der Waals surface area (Å²) in [5, 5.41) is 4.99. The first-order valence-corrected chi connectivity index (χ1v) is 8.21. The smallest absolute Gasteiger partial charge is 0.225 e. The van der Waals surface area contributed by atoms with Crippen molar-refractivity contribution in [2.24, 2.45) is 0 Å². The lowest BCUT2D eigenvalue weighted by Crippen LogP contribution is -2.16. The number of hydrogen-bond acceptors (Lipinski definition) is 5. The molecule has 0 saturated carbocycles. The summed E-state index contributed by atoms with van der Waals surface area (Å²) in [7, 11) is 4.18. The summed E-state index contributed by atoms with van der Waals surface area (Å²) in [6.45, 7) is 1.97. The number of nitrogens with zero attached hydrogens (tertiary/aromatic N) is 3. The van der Waals surface area contributed by atoms with Crippen LogP contribution in [-0.2, 0) is 12.8 Å². The Kier molecular flexibility index (Phi) is 4.10. The summed E-state index contributed by atoms with van der Waals surface area (Å²) in [6, 6.07) is 0. The lowest BCUT2D eigenvalue weighted by atomic mass is 10.2. The van der Waals surface area contributed by atoms with Gasteiger partial charge in [0.1, 0.15) is 10.6 Å². The highest BCUT2D eigenvalue weighted by atomic mass is 35.5. The van der Waals surface area contributed by atoms with E-state index in [2.05, 4.69) is 34.3 Å². The van der Waals surface area contributed by atoms with Gasteiger partial charge < -0.3 is 10.2 Å². The van der Waals surface area contributed by atoms with E-state index in [0.29, 0.717) is 5.28 Å². The van der Waals surface area contributed by atoms with Crippen LogP contribution in [0, 0.1) is 0 Å².